The molecule has 0 spiro atoms. The van der Waals surface area contributed by atoms with Crippen LogP contribution in [0.25, 0.3) is 17.2 Å². The van der Waals surface area contributed by atoms with Crippen molar-refractivity contribution in [1.29, 1.82) is 0 Å². The van der Waals surface area contributed by atoms with E-state index < -0.39 is 11.5 Å². The first-order chi connectivity index (χ1) is 16.4. The van der Waals surface area contributed by atoms with Crippen molar-refractivity contribution in [2.24, 2.45) is 0 Å². The van der Waals surface area contributed by atoms with Gasteiger partial charge >= 0.3 is 5.97 Å². The zero-order valence-electron chi connectivity index (χ0n) is 18.5. The number of H-pyrrole nitrogens is 1. The number of carbonyl (C=O) groups is 1. The van der Waals surface area contributed by atoms with Gasteiger partial charge in [-0.15, -0.1) is 10.2 Å². The third-order valence-electron chi connectivity index (χ3n) is 5.15. The van der Waals surface area contributed by atoms with Crippen molar-refractivity contribution in [3.05, 3.63) is 62.7 Å². The zero-order chi connectivity index (χ0) is 24.2. The lowest BCUT2D eigenvalue weighted by Crippen LogP contribution is -2.05. The molecule has 0 aliphatic rings. The molecule has 0 bridgehead atoms. The quantitative estimate of drug-likeness (QED) is 0.196. The number of nitrogens with one attached hydrogen (secondary N) is 1. The molecule has 0 aliphatic heterocycles. The summed E-state index contributed by atoms with van der Waals surface area (Å²) < 4.78 is 10.9. The fourth-order valence-corrected chi connectivity index (χ4v) is 5.30. The fraction of sp³-hybridized carbons (Fsp3) is 0.318. The predicted octanol–water partition coefficient (Wildman–Crippen LogP) is 5.57. The van der Waals surface area contributed by atoms with Crippen LogP contribution in [0.4, 0.5) is 0 Å². The van der Waals surface area contributed by atoms with E-state index in [0.29, 0.717) is 18.1 Å². The Morgan fingerprint density at radius 2 is 2.03 bits per heavy atom. The van der Waals surface area contributed by atoms with E-state index in [-0.39, 0.29) is 0 Å². The van der Waals surface area contributed by atoms with E-state index in [1.165, 1.54) is 6.92 Å². The zero-order valence-corrected chi connectivity index (χ0v) is 22.4. The van der Waals surface area contributed by atoms with Crippen LogP contribution in [0.1, 0.15) is 49.3 Å². The maximum absolute atomic E-state index is 11.3. The normalized spacial score (nSPS) is 12.1. The summed E-state index contributed by atoms with van der Waals surface area (Å²) in [7, 11) is 0. The van der Waals surface area contributed by atoms with Crippen molar-refractivity contribution in [2.75, 3.05) is 0 Å². The van der Waals surface area contributed by atoms with Crippen molar-refractivity contribution < 1.29 is 9.53 Å². The second-order valence-corrected chi connectivity index (χ2v) is 9.70. The molecule has 3 aromatic heterocycles. The maximum atomic E-state index is 11.3. The molecule has 1 aromatic carbocycles. The van der Waals surface area contributed by atoms with Gasteiger partial charge in [-0.25, -0.2) is 4.98 Å². The van der Waals surface area contributed by atoms with Gasteiger partial charge in [-0.05, 0) is 67.3 Å². The summed E-state index contributed by atoms with van der Waals surface area (Å²) in [6.07, 6.45) is 4.73. The first-order valence-corrected chi connectivity index (χ1v) is 12.7. The number of aromatic nitrogens is 7. The Kier molecular flexibility index (Phi) is 7.84. The average Bonchev–Trinajstić information content (AvgIpc) is 3.52. The molecule has 0 aliphatic carbocycles. The third kappa shape index (κ3) is 5.42. The Bertz CT molecular complexity index is 1270. The number of tetrazole rings is 1. The number of benzene rings is 1. The molecule has 4 rings (SSSR count). The number of ether oxygens (including phenoxy) is 1. The minimum atomic E-state index is -0.908. The molecule has 1 atom stereocenters. The Hall–Kier alpha value is -2.50. The summed E-state index contributed by atoms with van der Waals surface area (Å²) in [5.41, 5.74) is 2.44. The molecule has 0 amide bonds. The number of rotatable bonds is 9. The number of esters is 1. The van der Waals surface area contributed by atoms with E-state index in [9.17, 15) is 4.79 Å². The summed E-state index contributed by atoms with van der Waals surface area (Å²) in [4.78, 5) is 15.9. The molecule has 34 heavy (non-hydrogen) atoms. The summed E-state index contributed by atoms with van der Waals surface area (Å²) in [5, 5.41) is 14.4. The molecule has 178 valence electrons. The van der Waals surface area contributed by atoms with Crippen LogP contribution in [0.15, 0.2) is 45.6 Å². The number of nitrogens with zero attached hydrogens (tertiary/aromatic N) is 6. The number of aromatic amines is 1. The van der Waals surface area contributed by atoms with Gasteiger partial charge in [0.2, 0.25) is 11.4 Å². The SMILES string of the molecule is CCCCc1nc(C(Cl)OC(C)=O)cn1Cc1ccc(-n2c(Br)cc(Br)c2-c2nn[nH]n2)cc1. The van der Waals surface area contributed by atoms with Gasteiger partial charge in [-0.3, -0.25) is 9.36 Å². The minimum absolute atomic E-state index is 0.441. The van der Waals surface area contributed by atoms with E-state index in [1.807, 2.05) is 29.0 Å². The highest BCUT2D eigenvalue weighted by Crippen LogP contribution is 2.35. The number of hydrogen-bond acceptors (Lipinski definition) is 6. The molecule has 0 saturated carbocycles. The van der Waals surface area contributed by atoms with E-state index in [2.05, 4.69) is 81.1 Å². The molecule has 1 unspecified atom stereocenters. The van der Waals surface area contributed by atoms with Gasteiger partial charge in [0.15, 0.2) is 0 Å². The molecule has 12 heteroatoms. The van der Waals surface area contributed by atoms with Crippen LogP contribution in [-0.4, -0.2) is 40.7 Å². The first kappa shape index (κ1) is 24.6. The largest absolute Gasteiger partial charge is 0.440 e. The average molecular weight is 612 g/mol. The molecule has 9 nitrogen and oxygen atoms in total. The number of alkyl halides is 1. The van der Waals surface area contributed by atoms with E-state index >= 15 is 0 Å². The van der Waals surface area contributed by atoms with Gasteiger partial charge in [-0.1, -0.05) is 37.1 Å². The number of unbranched alkanes of at least 4 members (excludes halogenated alkanes) is 1. The number of hydrogen-bond donors (Lipinski definition) is 1. The number of imidazole rings is 1. The van der Waals surface area contributed by atoms with Gasteiger partial charge in [0.1, 0.15) is 17.2 Å². The van der Waals surface area contributed by atoms with E-state index in [1.54, 1.807) is 0 Å². The standard InChI is InChI=1S/C22H22Br2ClN7O2/c1-3-4-5-19-26-17(21(25)34-13(2)33)12-31(19)11-14-6-8-15(9-7-14)32-18(24)10-16(23)20(32)22-27-29-30-28-22/h6-10,12,21H,3-5,11H2,1-2H3,(H,27,28,29,30). The van der Waals surface area contributed by atoms with Crippen LogP contribution in [0.2, 0.25) is 0 Å². The lowest BCUT2D eigenvalue weighted by molar-refractivity contribution is -0.143. The van der Waals surface area contributed by atoms with Gasteiger partial charge in [0.05, 0.1) is 4.60 Å². The second kappa shape index (κ2) is 10.8. The molecule has 0 fully saturated rings. The predicted molar refractivity (Wildman–Crippen MR) is 135 cm³/mol. The molecule has 4 aromatic rings. The molecule has 0 saturated heterocycles. The van der Waals surface area contributed by atoms with Crippen LogP contribution in [0, 0.1) is 0 Å². The lowest BCUT2D eigenvalue weighted by atomic mass is 10.2. The van der Waals surface area contributed by atoms with Gasteiger partial charge in [0.25, 0.3) is 0 Å². The number of halogens is 3. The Morgan fingerprint density at radius 3 is 2.68 bits per heavy atom. The summed E-state index contributed by atoms with van der Waals surface area (Å²) in [5.74, 6) is 0.954. The van der Waals surface area contributed by atoms with Crippen LogP contribution in [0.5, 0.6) is 0 Å². The van der Waals surface area contributed by atoms with Crippen molar-refractivity contribution in [3.8, 4) is 17.2 Å². The highest BCUT2D eigenvalue weighted by Gasteiger charge is 2.20. The van der Waals surface area contributed by atoms with Gasteiger partial charge in [0, 0.05) is 36.2 Å². The second-order valence-electron chi connectivity index (χ2n) is 7.64. The Balaban J connectivity index is 1.60. The number of aryl methyl sites for hydroxylation is 1. The molecule has 1 N–H and O–H groups in total. The molecular formula is C22H22Br2ClN7O2. The highest BCUT2D eigenvalue weighted by molar-refractivity contribution is 9.11. The molecule has 0 radical (unpaired) electrons. The molecule has 3 heterocycles. The topological polar surface area (TPSA) is 104 Å². The number of carbonyl (C=O) groups excluding carboxylic acids is 1. The fourth-order valence-electron chi connectivity index (χ4n) is 3.58. The highest BCUT2D eigenvalue weighted by atomic mass is 79.9. The van der Waals surface area contributed by atoms with Crippen molar-refractivity contribution in [1.82, 2.24) is 34.7 Å². The van der Waals surface area contributed by atoms with E-state index in [0.717, 1.165) is 51.1 Å². The summed E-state index contributed by atoms with van der Waals surface area (Å²) in [6.45, 7) is 4.08. The summed E-state index contributed by atoms with van der Waals surface area (Å²) in [6, 6.07) is 10.1. The summed E-state index contributed by atoms with van der Waals surface area (Å²) >= 11 is 13.4. The Morgan fingerprint density at radius 1 is 1.26 bits per heavy atom. The van der Waals surface area contributed by atoms with Crippen molar-refractivity contribution >= 4 is 49.4 Å². The van der Waals surface area contributed by atoms with Crippen LogP contribution >= 0.6 is 43.5 Å². The van der Waals surface area contributed by atoms with Gasteiger partial charge in [-0.2, -0.15) is 5.21 Å². The maximum Gasteiger partial charge on any atom is 0.304 e. The third-order valence-corrected chi connectivity index (χ3v) is 6.65. The van der Waals surface area contributed by atoms with Crippen LogP contribution in [-0.2, 0) is 22.5 Å². The van der Waals surface area contributed by atoms with Crippen LogP contribution < -0.4 is 0 Å². The minimum Gasteiger partial charge on any atom is -0.440 e. The Labute approximate surface area is 218 Å². The van der Waals surface area contributed by atoms with Gasteiger partial charge < -0.3 is 9.30 Å². The monoisotopic (exact) mass is 609 g/mol. The first-order valence-electron chi connectivity index (χ1n) is 10.6. The van der Waals surface area contributed by atoms with Crippen LogP contribution in [0.3, 0.4) is 0 Å². The van der Waals surface area contributed by atoms with E-state index in [4.69, 9.17) is 16.3 Å². The molecular weight excluding hydrogens is 590 g/mol. The van der Waals surface area contributed by atoms with Crippen molar-refractivity contribution in [2.45, 2.75) is 45.2 Å². The smallest absolute Gasteiger partial charge is 0.304 e. The van der Waals surface area contributed by atoms with Crippen molar-refractivity contribution in [3.63, 3.8) is 0 Å². The lowest BCUT2D eigenvalue weighted by Gasteiger charge is -2.12.